The molecule has 20 heavy (non-hydrogen) atoms. The Balaban J connectivity index is 2.21. The van der Waals surface area contributed by atoms with E-state index in [0.29, 0.717) is 29.1 Å². The van der Waals surface area contributed by atoms with Gasteiger partial charge in [0.2, 0.25) is 0 Å². The van der Waals surface area contributed by atoms with E-state index in [1.54, 1.807) is 18.5 Å². The predicted molar refractivity (Wildman–Crippen MR) is 75.1 cm³/mol. The number of rotatable bonds is 5. The molecule has 2 aromatic heterocycles. The van der Waals surface area contributed by atoms with E-state index < -0.39 is 4.92 Å². The Morgan fingerprint density at radius 1 is 1.45 bits per heavy atom. The summed E-state index contributed by atoms with van der Waals surface area (Å²) in [6.45, 7) is 6.60. The second kappa shape index (κ2) is 5.53. The van der Waals surface area contributed by atoms with Crippen LogP contribution in [0.4, 0.5) is 5.69 Å². The summed E-state index contributed by atoms with van der Waals surface area (Å²) in [5, 5.41) is 22.1. The van der Waals surface area contributed by atoms with Crippen molar-refractivity contribution >= 4 is 17.9 Å². The summed E-state index contributed by atoms with van der Waals surface area (Å²) >= 11 is 5.12. The van der Waals surface area contributed by atoms with Crippen LogP contribution in [0.5, 0.6) is 0 Å². The molecule has 108 valence electrons. The van der Waals surface area contributed by atoms with E-state index in [1.165, 1.54) is 0 Å². The first-order valence-electron chi connectivity index (χ1n) is 6.28. The predicted octanol–water partition coefficient (Wildman–Crippen LogP) is 1.92. The molecule has 2 rings (SSSR count). The molecule has 1 N–H and O–H groups in total. The highest BCUT2D eigenvalue weighted by Gasteiger charge is 2.21. The monoisotopic (exact) mass is 296 g/mol. The molecular weight excluding hydrogens is 280 g/mol. The average Bonchev–Trinajstić information content (AvgIpc) is 2.87. The lowest BCUT2D eigenvalue weighted by Crippen LogP contribution is -2.10. The molecule has 0 aliphatic carbocycles. The second-order valence-corrected chi connectivity index (χ2v) is 4.83. The maximum absolute atomic E-state index is 11.0. The maximum atomic E-state index is 11.0. The molecule has 0 saturated heterocycles. The van der Waals surface area contributed by atoms with Crippen LogP contribution in [-0.4, -0.2) is 29.5 Å². The number of nitrogens with one attached hydrogen (secondary N) is 1. The van der Waals surface area contributed by atoms with E-state index in [2.05, 4.69) is 15.3 Å². The van der Waals surface area contributed by atoms with E-state index in [0.717, 1.165) is 12.4 Å². The SMILES string of the molecule is CCn1c(CCn2nc(C)c([N+](=O)[O-])c2C)n[nH]c1=S. The third kappa shape index (κ3) is 2.48. The number of nitrogens with zero attached hydrogens (tertiary/aromatic N) is 5. The molecule has 0 amide bonds. The van der Waals surface area contributed by atoms with E-state index in [4.69, 9.17) is 12.2 Å². The minimum atomic E-state index is -0.393. The van der Waals surface area contributed by atoms with Gasteiger partial charge in [-0.25, -0.2) is 0 Å². The van der Waals surface area contributed by atoms with Crippen LogP contribution in [0.25, 0.3) is 0 Å². The zero-order valence-electron chi connectivity index (χ0n) is 11.6. The first kappa shape index (κ1) is 14.4. The Hall–Kier alpha value is -2.03. The number of nitro groups is 1. The molecule has 0 aromatic carbocycles. The summed E-state index contributed by atoms with van der Waals surface area (Å²) in [5.74, 6) is 0.827. The van der Waals surface area contributed by atoms with Crippen LogP contribution in [0, 0.1) is 28.7 Å². The molecule has 0 aliphatic heterocycles. The number of H-pyrrole nitrogens is 1. The first-order chi connectivity index (χ1) is 9.45. The zero-order valence-corrected chi connectivity index (χ0v) is 12.4. The minimum Gasteiger partial charge on any atom is -0.304 e. The molecule has 0 spiro atoms. The van der Waals surface area contributed by atoms with Gasteiger partial charge in [-0.15, -0.1) is 0 Å². The fourth-order valence-electron chi connectivity index (χ4n) is 2.24. The molecule has 0 saturated carbocycles. The van der Waals surface area contributed by atoms with Crippen LogP contribution >= 0.6 is 12.2 Å². The van der Waals surface area contributed by atoms with Crippen LogP contribution in [0.3, 0.4) is 0 Å². The lowest BCUT2D eigenvalue weighted by molar-refractivity contribution is -0.386. The van der Waals surface area contributed by atoms with Gasteiger partial charge >= 0.3 is 5.69 Å². The third-order valence-electron chi connectivity index (χ3n) is 3.23. The molecule has 0 radical (unpaired) electrons. The highest BCUT2D eigenvalue weighted by Crippen LogP contribution is 2.21. The van der Waals surface area contributed by atoms with Gasteiger partial charge in [0.05, 0.1) is 4.92 Å². The Morgan fingerprint density at radius 2 is 2.15 bits per heavy atom. The Morgan fingerprint density at radius 3 is 2.70 bits per heavy atom. The standard InChI is InChI=1S/C11H16N6O2S/c1-4-15-9(12-13-11(15)20)5-6-16-8(3)10(17(18)19)7(2)14-16/h4-6H2,1-3H3,(H,13,20). The molecule has 2 aromatic rings. The summed E-state index contributed by atoms with van der Waals surface area (Å²) in [5.41, 5.74) is 1.07. The van der Waals surface area contributed by atoms with Crippen molar-refractivity contribution in [2.24, 2.45) is 0 Å². The van der Waals surface area contributed by atoms with Crippen molar-refractivity contribution in [3.8, 4) is 0 Å². The molecule has 8 nitrogen and oxygen atoms in total. The molecule has 0 fully saturated rings. The number of hydrogen-bond acceptors (Lipinski definition) is 5. The summed E-state index contributed by atoms with van der Waals surface area (Å²) in [4.78, 5) is 10.6. The van der Waals surface area contributed by atoms with Gasteiger partial charge < -0.3 is 4.57 Å². The summed E-state index contributed by atoms with van der Waals surface area (Å²) in [6, 6.07) is 0. The smallest absolute Gasteiger partial charge is 0.304 e. The zero-order chi connectivity index (χ0) is 14.9. The van der Waals surface area contributed by atoms with Gasteiger partial charge in [-0.3, -0.25) is 19.9 Å². The van der Waals surface area contributed by atoms with Crippen molar-refractivity contribution in [1.29, 1.82) is 0 Å². The highest BCUT2D eigenvalue weighted by atomic mass is 32.1. The van der Waals surface area contributed by atoms with Crippen molar-refractivity contribution in [2.45, 2.75) is 40.3 Å². The Labute approximate surface area is 120 Å². The van der Waals surface area contributed by atoms with Gasteiger partial charge in [-0.1, -0.05) is 0 Å². The summed E-state index contributed by atoms with van der Waals surface area (Å²) in [6.07, 6.45) is 0.611. The molecule has 9 heteroatoms. The van der Waals surface area contributed by atoms with Crippen molar-refractivity contribution in [3.63, 3.8) is 0 Å². The van der Waals surface area contributed by atoms with Gasteiger partial charge in [-0.05, 0) is 33.0 Å². The van der Waals surface area contributed by atoms with Gasteiger partial charge in [0.25, 0.3) is 0 Å². The highest BCUT2D eigenvalue weighted by molar-refractivity contribution is 7.71. The maximum Gasteiger partial charge on any atom is 0.312 e. The van der Waals surface area contributed by atoms with Crippen molar-refractivity contribution in [1.82, 2.24) is 24.5 Å². The van der Waals surface area contributed by atoms with Gasteiger partial charge in [0.1, 0.15) is 17.2 Å². The lowest BCUT2D eigenvalue weighted by Gasteiger charge is -2.05. The molecule has 0 aliphatic rings. The largest absolute Gasteiger partial charge is 0.312 e. The van der Waals surface area contributed by atoms with Crippen molar-refractivity contribution in [3.05, 3.63) is 32.1 Å². The lowest BCUT2D eigenvalue weighted by atomic mass is 10.3. The number of aryl methyl sites for hydroxylation is 3. The van der Waals surface area contributed by atoms with Crippen LogP contribution < -0.4 is 0 Å². The van der Waals surface area contributed by atoms with Gasteiger partial charge in [-0.2, -0.15) is 10.2 Å². The molecule has 0 bridgehead atoms. The van der Waals surface area contributed by atoms with E-state index in [9.17, 15) is 10.1 Å². The average molecular weight is 296 g/mol. The fraction of sp³-hybridized carbons (Fsp3) is 0.545. The topological polar surface area (TPSA) is 94.6 Å². The quantitative estimate of drug-likeness (QED) is 0.517. The first-order valence-corrected chi connectivity index (χ1v) is 6.69. The van der Waals surface area contributed by atoms with Crippen molar-refractivity contribution in [2.75, 3.05) is 0 Å². The molecular formula is C11H16N6O2S. The van der Waals surface area contributed by atoms with Crippen LogP contribution in [-0.2, 0) is 19.5 Å². The minimum absolute atomic E-state index is 0.0827. The van der Waals surface area contributed by atoms with Crippen LogP contribution in [0.15, 0.2) is 0 Å². The second-order valence-electron chi connectivity index (χ2n) is 4.44. The number of aromatic nitrogens is 5. The van der Waals surface area contributed by atoms with E-state index in [1.807, 2.05) is 11.5 Å². The fourth-order valence-corrected chi connectivity index (χ4v) is 2.52. The van der Waals surface area contributed by atoms with Crippen molar-refractivity contribution < 1.29 is 4.92 Å². The third-order valence-corrected chi connectivity index (χ3v) is 3.54. The summed E-state index contributed by atoms with van der Waals surface area (Å²) in [7, 11) is 0. The van der Waals surface area contributed by atoms with Gasteiger partial charge in [0.15, 0.2) is 4.77 Å². The normalized spacial score (nSPS) is 10.9. The number of hydrogen-bond donors (Lipinski definition) is 1. The van der Waals surface area contributed by atoms with E-state index >= 15 is 0 Å². The van der Waals surface area contributed by atoms with Crippen LogP contribution in [0.2, 0.25) is 0 Å². The number of aromatic amines is 1. The Kier molecular flexibility index (Phi) is 3.98. The molecule has 0 unspecified atom stereocenters. The summed E-state index contributed by atoms with van der Waals surface area (Å²) < 4.78 is 4.13. The molecule has 2 heterocycles. The van der Waals surface area contributed by atoms with Gasteiger partial charge in [0, 0.05) is 19.5 Å². The Bertz CT molecular complexity index is 698. The van der Waals surface area contributed by atoms with E-state index in [-0.39, 0.29) is 5.69 Å². The molecule has 0 atom stereocenters. The van der Waals surface area contributed by atoms with Crippen LogP contribution in [0.1, 0.15) is 24.1 Å².